The molecule has 0 aliphatic rings. The summed E-state index contributed by atoms with van der Waals surface area (Å²) in [7, 11) is 0. The third-order valence-corrected chi connectivity index (χ3v) is 4.97. The second-order valence-electron chi connectivity index (χ2n) is 4.63. The van der Waals surface area contributed by atoms with Crippen molar-refractivity contribution in [2.75, 3.05) is 18.6 Å². The smallest absolute Gasteiger partial charge is 0.269 e. The molecule has 3 rings (SSSR count). The maximum absolute atomic E-state index is 12.2. The first-order chi connectivity index (χ1) is 10.7. The van der Waals surface area contributed by atoms with E-state index in [1.54, 1.807) is 11.8 Å². The molecule has 0 fully saturated rings. The molecule has 7 heteroatoms. The number of hydrogen-bond donors (Lipinski definition) is 1. The average molecular weight is 352 g/mol. The van der Waals surface area contributed by atoms with Gasteiger partial charge in [0.15, 0.2) is 4.96 Å². The van der Waals surface area contributed by atoms with Crippen LogP contribution in [0.2, 0.25) is 5.02 Å². The number of thiazole rings is 1. The van der Waals surface area contributed by atoms with Crippen LogP contribution >= 0.6 is 34.7 Å². The fourth-order valence-corrected chi connectivity index (χ4v) is 3.50. The number of amides is 1. The third-order valence-electron chi connectivity index (χ3n) is 3.18. The van der Waals surface area contributed by atoms with Crippen LogP contribution in [0, 0.1) is 0 Å². The molecule has 0 aliphatic heterocycles. The van der Waals surface area contributed by atoms with Gasteiger partial charge in [0.2, 0.25) is 0 Å². The van der Waals surface area contributed by atoms with Crippen molar-refractivity contribution in [1.82, 2.24) is 14.7 Å². The highest BCUT2D eigenvalue weighted by Crippen LogP contribution is 2.28. The van der Waals surface area contributed by atoms with Gasteiger partial charge in [0.05, 0.1) is 10.7 Å². The quantitative estimate of drug-likeness (QED) is 0.711. The predicted octanol–water partition coefficient (Wildman–Crippen LogP) is 3.81. The highest BCUT2D eigenvalue weighted by atomic mass is 35.5. The number of hydrogen-bond acceptors (Lipinski definition) is 4. The molecule has 0 radical (unpaired) electrons. The first kappa shape index (κ1) is 15.4. The molecule has 114 valence electrons. The predicted molar refractivity (Wildman–Crippen MR) is 94.2 cm³/mol. The summed E-state index contributed by atoms with van der Waals surface area (Å²) in [6.07, 6.45) is 3.87. The van der Waals surface area contributed by atoms with E-state index in [9.17, 15) is 4.79 Å². The number of nitrogens with one attached hydrogen (secondary N) is 1. The molecular weight excluding hydrogens is 338 g/mol. The molecule has 2 heterocycles. The number of aromatic nitrogens is 2. The van der Waals surface area contributed by atoms with Crippen molar-refractivity contribution in [1.29, 1.82) is 0 Å². The molecule has 0 aliphatic carbocycles. The Labute approximate surface area is 141 Å². The van der Waals surface area contributed by atoms with Gasteiger partial charge in [-0.05, 0) is 12.3 Å². The van der Waals surface area contributed by atoms with Gasteiger partial charge in [-0.3, -0.25) is 9.20 Å². The second kappa shape index (κ2) is 6.73. The number of carbonyl (C=O) groups is 1. The molecule has 1 N–H and O–H groups in total. The van der Waals surface area contributed by atoms with E-state index in [0.717, 1.165) is 22.0 Å². The lowest BCUT2D eigenvalue weighted by atomic mass is 10.2. The molecule has 3 aromatic rings. The molecular formula is C15H14ClN3OS2. The van der Waals surface area contributed by atoms with E-state index in [1.807, 2.05) is 46.5 Å². The van der Waals surface area contributed by atoms with Gasteiger partial charge in [0.1, 0.15) is 5.69 Å². The molecule has 22 heavy (non-hydrogen) atoms. The summed E-state index contributed by atoms with van der Waals surface area (Å²) in [5, 5.41) is 5.39. The van der Waals surface area contributed by atoms with Crippen molar-refractivity contribution in [3.8, 4) is 11.3 Å². The Bertz CT molecular complexity index is 812. The highest BCUT2D eigenvalue weighted by molar-refractivity contribution is 7.98. The Kier molecular flexibility index (Phi) is 4.71. The Hall–Kier alpha value is -1.50. The van der Waals surface area contributed by atoms with Gasteiger partial charge in [-0.2, -0.15) is 11.8 Å². The Balaban J connectivity index is 1.92. The lowest BCUT2D eigenvalue weighted by molar-refractivity contribution is 0.0950. The summed E-state index contributed by atoms with van der Waals surface area (Å²) in [5.41, 5.74) is 2.25. The van der Waals surface area contributed by atoms with Crippen LogP contribution in [-0.2, 0) is 0 Å². The second-order valence-corrected chi connectivity index (χ2v) is 6.86. The number of thioether (sulfide) groups is 1. The summed E-state index contributed by atoms with van der Waals surface area (Å²) in [5.74, 6) is 0.816. The van der Waals surface area contributed by atoms with Crippen molar-refractivity contribution >= 4 is 45.6 Å². The highest BCUT2D eigenvalue weighted by Gasteiger charge is 2.15. The van der Waals surface area contributed by atoms with Gasteiger partial charge in [-0.15, -0.1) is 11.3 Å². The molecule has 0 unspecified atom stereocenters. The van der Waals surface area contributed by atoms with Crippen LogP contribution in [0.15, 0.2) is 35.8 Å². The zero-order chi connectivity index (χ0) is 15.5. The Morgan fingerprint density at radius 2 is 2.27 bits per heavy atom. The van der Waals surface area contributed by atoms with Crippen LogP contribution in [0.3, 0.4) is 0 Å². The lowest BCUT2D eigenvalue weighted by Crippen LogP contribution is -2.26. The number of fused-ring (bicyclic) bond motifs is 1. The summed E-state index contributed by atoms with van der Waals surface area (Å²) < 4.78 is 1.82. The summed E-state index contributed by atoms with van der Waals surface area (Å²) in [4.78, 5) is 17.6. The molecule has 0 saturated carbocycles. The van der Waals surface area contributed by atoms with Gasteiger partial charge >= 0.3 is 0 Å². The largest absolute Gasteiger partial charge is 0.350 e. The molecule has 0 bridgehead atoms. The zero-order valence-corrected chi connectivity index (χ0v) is 14.3. The summed E-state index contributed by atoms with van der Waals surface area (Å²) >= 11 is 9.36. The van der Waals surface area contributed by atoms with Crippen molar-refractivity contribution in [3.05, 3.63) is 46.6 Å². The van der Waals surface area contributed by atoms with Gasteiger partial charge in [0.25, 0.3) is 5.91 Å². The maximum Gasteiger partial charge on any atom is 0.269 e. The van der Waals surface area contributed by atoms with E-state index < -0.39 is 0 Å². The molecule has 1 amide bonds. The standard InChI is InChI=1S/C15H14ClN3OS2/c1-21-7-6-17-14(20)13-9-22-15-18-12(8-19(13)15)10-4-2-3-5-11(10)16/h2-5,8-9H,6-7H2,1H3,(H,17,20). The van der Waals surface area contributed by atoms with Crippen molar-refractivity contribution in [2.45, 2.75) is 0 Å². The number of carbonyl (C=O) groups excluding carboxylic acids is 1. The van der Waals surface area contributed by atoms with Crippen molar-refractivity contribution in [3.63, 3.8) is 0 Å². The van der Waals surface area contributed by atoms with Crippen LogP contribution < -0.4 is 5.32 Å². The molecule has 0 spiro atoms. The van der Waals surface area contributed by atoms with E-state index in [4.69, 9.17) is 11.6 Å². The number of rotatable bonds is 5. The topological polar surface area (TPSA) is 46.4 Å². The molecule has 2 aromatic heterocycles. The van der Waals surface area contributed by atoms with E-state index in [1.165, 1.54) is 11.3 Å². The number of nitrogens with zero attached hydrogens (tertiary/aromatic N) is 2. The maximum atomic E-state index is 12.2. The molecule has 1 aromatic carbocycles. The molecule has 0 atom stereocenters. The number of halogens is 1. The minimum absolute atomic E-state index is 0.0802. The monoisotopic (exact) mass is 351 g/mol. The van der Waals surface area contributed by atoms with Crippen LogP contribution in [0.25, 0.3) is 16.2 Å². The molecule has 0 saturated heterocycles. The first-order valence-electron chi connectivity index (χ1n) is 6.69. The van der Waals surface area contributed by atoms with Crippen LogP contribution in [-0.4, -0.2) is 33.8 Å². The Morgan fingerprint density at radius 3 is 3.05 bits per heavy atom. The lowest BCUT2D eigenvalue weighted by Gasteiger charge is -2.02. The zero-order valence-electron chi connectivity index (χ0n) is 11.9. The van der Waals surface area contributed by atoms with E-state index in [-0.39, 0.29) is 5.91 Å². The average Bonchev–Trinajstić information content (AvgIpc) is 3.08. The third kappa shape index (κ3) is 2.99. The summed E-state index contributed by atoms with van der Waals surface area (Å²) in [6, 6.07) is 7.56. The van der Waals surface area contributed by atoms with E-state index in [0.29, 0.717) is 17.3 Å². The minimum Gasteiger partial charge on any atom is -0.350 e. The summed E-state index contributed by atoms with van der Waals surface area (Å²) in [6.45, 7) is 0.656. The normalized spacial score (nSPS) is 11.0. The van der Waals surface area contributed by atoms with E-state index in [2.05, 4.69) is 10.3 Å². The van der Waals surface area contributed by atoms with Crippen molar-refractivity contribution < 1.29 is 4.79 Å². The fraction of sp³-hybridized carbons (Fsp3) is 0.200. The number of imidazole rings is 1. The Morgan fingerprint density at radius 1 is 1.45 bits per heavy atom. The van der Waals surface area contributed by atoms with Crippen molar-refractivity contribution in [2.24, 2.45) is 0 Å². The van der Waals surface area contributed by atoms with E-state index >= 15 is 0 Å². The fourth-order valence-electron chi connectivity index (χ4n) is 2.10. The van der Waals surface area contributed by atoms with Crippen LogP contribution in [0.5, 0.6) is 0 Å². The van der Waals surface area contributed by atoms with Gasteiger partial charge in [0, 0.05) is 29.4 Å². The van der Waals surface area contributed by atoms with Gasteiger partial charge in [-0.25, -0.2) is 4.98 Å². The van der Waals surface area contributed by atoms with Gasteiger partial charge in [-0.1, -0.05) is 29.8 Å². The van der Waals surface area contributed by atoms with Crippen LogP contribution in [0.4, 0.5) is 0 Å². The number of benzene rings is 1. The van der Waals surface area contributed by atoms with Gasteiger partial charge < -0.3 is 5.32 Å². The molecule has 4 nitrogen and oxygen atoms in total. The van der Waals surface area contributed by atoms with Crippen LogP contribution in [0.1, 0.15) is 10.5 Å². The first-order valence-corrected chi connectivity index (χ1v) is 9.34. The SMILES string of the molecule is CSCCNC(=O)c1csc2nc(-c3ccccc3Cl)cn12. The minimum atomic E-state index is -0.0802.